The minimum absolute atomic E-state index is 0.183. The molecule has 0 spiro atoms. The molecule has 204 valence electrons. The molecule has 0 unspecified atom stereocenters. The molecule has 1 saturated heterocycles. The molecule has 0 bridgehead atoms. The summed E-state index contributed by atoms with van der Waals surface area (Å²) in [5.74, 6) is -3.36. The van der Waals surface area contributed by atoms with Crippen molar-refractivity contribution in [3.63, 3.8) is 0 Å². The van der Waals surface area contributed by atoms with Gasteiger partial charge < -0.3 is 34.6 Å². The molecule has 5 aliphatic rings. The molecule has 1 heterocycles. The van der Waals surface area contributed by atoms with E-state index in [1.54, 1.807) is 44.2 Å². The van der Waals surface area contributed by atoms with Crippen LogP contribution in [0.3, 0.4) is 0 Å². The lowest BCUT2D eigenvalue weighted by Crippen LogP contribution is -2.89. The molecule has 1 aliphatic heterocycles. The van der Waals surface area contributed by atoms with Crippen LogP contribution in [0, 0.1) is 16.7 Å². The van der Waals surface area contributed by atoms with Crippen LogP contribution in [0.5, 0.6) is 0 Å². The number of benzene rings is 1. The molecule has 0 aromatic heterocycles. The Hall–Kier alpha value is -2.63. The van der Waals surface area contributed by atoms with Crippen molar-refractivity contribution in [3.8, 4) is 0 Å². The van der Waals surface area contributed by atoms with Crippen LogP contribution in [0.1, 0.15) is 50.9 Å². The standard InChI is InChI=1S/C28H32O10/c1-13-17-18(31)20(32)24(3)10-16(30)21-26(12-36-21,38-14(2)29)19(24)22(28(35)11-27(13,34)25(17,28)4)37-23(33)15-8-6-5-7-9-15/h5-9,16,18-19,21-22,30-31,34-35H,10-12H2,1-4H3/t16-,18-,19+,21-,22+,24-,25+,26-,27-,28-/m1/s1. The number of ketones is 1. The largest absolute Gasteiger partial charge is 0.455 e. The fourth-order valence-electron chi connectivity index (χ4n) is 8.52. The molecule has 10 heteroatoms. The fraction of sp³-hybridized carbons (Fsp3) is 0.607. The predicted octanol–water partition coefficient (Wildman–Crippen LogP) is 0.446. The first kappa shape index (κ1) is 25.6. The number of fused-ring (bicyclic) bond motifs is 3. The van der Waals surface area contributed by atoms with Gasteiger partial charge in [-0.2, -0.15) is 0 Å². The lowest BCUT2D eigenvalue weighted by molar-refractivity contribution is -0.378. The van der Waals surface area contributed by atoms with Gasteiger partial charge in [0.2, 0.25) is 0 Å². The van der Waals surface area contributed by atoms with Crippen molar-refractivity contribution >= 4 is 17.7 Å². The molecular weight excluding hydrogens is 496 g/mol. The van der Waals surface area contributed by atoms with Gasteiger partial charge in [-0.3, -0.25) is 9.59 Å². The van der Waals surface area contributed by atoms with Gasteiger partial charge in [-0.05, 0) is 43.5 Å². The molecule has 1 aromatic carbocycles. The molecule has 4 fully saturated rings. The molecule has 0 radical (unpaired) electrons. The molecule has 4 N–H and O–H groups in total. The summed E-state index contributed by atoms with van der Waals surface area (Å²) in [6, 6.07) is 8.12. The van der Waals surface area contributed by atoms with Gasteiger partial charge in [-0.25, -0.2) is 4.79 Å². The van der Waals surface area contributed by atoms with Crippen molar-refractivity contribution in [1.82, 2.24) is 0 Å². The molecule has 4 aliphatic carbocycles. The van der Waals surface area contributed by atoms with Crippen molar-refractivity contribution in [2.75, 3.05) is 6.61 Å². The first-order valence-electron chi connectivity index (χ1n) is 12.8. The van der Waals surface area contributed by atoms with E-state index in [2.05, 4.69) is 0 Å². The monoisotopic (exact) mass is 528 g/mol. The molecule has 3 saturated carbocycles. The Morgan fingerprint density at radius 2 is 1.76 bits per heavy atom. The summed E-state index contributed by atoms with van der Waals surface area (Å²) >= 11 is 0. The number of hydrogen-bond donors (Lipinski definition) is 4. The van der Waals surface area contributed by atoms with Gasteiger partial charge in [0.05, 0.1) is 29.6 Å². The van der Waals surface area contributed by atoms with Gasteiger partial charge in [-0.15, -0.1) is 0 Å². The molecular formula is C28H32O10. The molecule has 6 rings (SSSR count). The summed E-state index contributed by atoms with van der Waals surface area (Å²) in [4.78, 5) is 40.0. The molecule has 1 aromatic rings. The van der Waals surface area contributed by atoms with E-state index in [1.807, 2.05) is 0 Å². The van der Waals surface area contributed by atoms with Crippen LogP contribution in [0.4, 0.5) is 0 Å². The Balaban J connectivity index is 1.59. The van der Waals surface area contributed by atoms with Crippen LogP contribution in [0.25, 0.3) is 0 Å². The van der Waals surface area contributed by atoms with E-state index >= 15 is 0 Å². The average Bonchev–Trinajstić information content (AvgIpc) is 2.84. The van der Waals surface area contributed by atoms with E-state index in [0.717, 1.165) is 0 Å². The van der Waals surface area contributed by atoms with Crippen molar-refractivity contribution < 1.29 is 49.0 Å². The number of aliphatic hydroxyl groups is 4. The maximum Gasteiger partial charge on any atom is 0.338 e. The van der Waals surface area contributed by atoms with Crippen LogP contribution in [0.15, 0.2) is 41.5 Å². The second-order valence-corrected chi connectivity index (χ2v) is 12.0. The Kier molecular flexibility index (Phi) is 5.07. The second-order valence-electron chi connectivity index (χ2n) is 12.0. The van der Waals surface area contributed by atoms with Crippen LogP contribution in [-0.4, -0.2) is 86.0 Å². The van der Waals surface area contributed by atoms with Crippen LogP contribution >= 0.6 is 0 Å². The number of carbonyl (C=O) groups is 3. The minimum atomic E-state index is -1.94. The summed E-state index contributed by atoms with van der Waals surface area (Å²) in [6.45, 7) is 5.65. The third-order valence-corrected chi connectivity index (χ3v) is 10.4. The lowest BCUT2D eigenvalue weighted by atomic mass is 9.31. The highest BCUT2D eigenvalue weighted by atomic mass is 16.6. The van der Waals surface area contributed by atoms with Crippen LogP contribution in [0.2, 0.25) is 0 Å². The summed E-state index contributed by atoms with van der Waals surface area (Å²) in [5, 5.41) is 46.3. The third-order valence-electron chi connectivity index (χ3n) is 10.4. The summed E-state index contributed by atoms with van der Waals surface area (Å²) in [7, 11) is 0. The summed E-state index contributed by atoms with van der Waals surface area (Å²) < 4.78 is 17.5. The number of esters is 2. The Labute approximate surface area is 219 Å². The number of rotatable bonds is 3. The normalized spacial score (nSPS) is 48.5. The third kappa shape index (κ3) is 2.63. The summed E-state index contributed by atoms with van der Waals surface area (Å²) in [5.41, 5.74) is -7.45. The fourth-order valence-corrected chi connectivity index (χ4v) is 8.52. The summed E-state index contributed by atoms with van der Waals surface area (Å²) in [6.07, 6.45) is -5.85. The van der Waals surface area contributed by atoms with Gasteiger partial charge in [-0.1, -0.05) is 25.1 Å². The number of carbonyl (C=O) groups excluding carboxylic acids is 3. The van der Waals surface area contributed by atoms with Gasteiger partial charge in [0.1, 0.15) is 29.5 Å². The first-order chi connectivity index (χ1) is 17.7. The molecule has 10 atom stereocenters. The van der Waals surface area contributed by atoms with E-state index in [4.69, 9.17) is 14.2 Å². The van der Waals surface area contributed by atoms with E-state index in [-0.39, 0.29) is 30.6 Å². The Morgan fingerprint density at radius 3 is 2.34 bits per heavy atom. The first-order valence-corrected chi connectivity index (χ1v) is 12.8. The van der Waals surface area contributed by atoms with Crippen LogP contribution in [-0.2, 0) is 23.8 Å². The Bertz CT molecular complexity index is 1290. The number of aliphatic hydroxyl groups excluding tert-OH is 2. The lowest BCUT2D eigenvalue weighted by Gasteiger charge is -2.77. The van der Waals surface area contributed by atoms with E-state index in [1.165, 1.54) is 13.8 Å². The van der Waals surface area contributed by atoms with Crippen molar-refractivity contribution in [2.45, 2.75) is 81.8 Å². The van der Waals surface area contributed by atoms with Gasteiger partial charge in [0, 0.05) is 18.8 Å². The van der Waals surface area contributed by atoms with E-state index in [9.17, 15) is 34.8 Å². The smallest absolute Gasteiger partial charge is 0.338 e. The van der Waals surface area contributed by atoms with Crippen LogP contribution < -0.4 is 0 Å². The predicted molar refractivity (Wildman–Crippen MR) is 128 cm³/mol. The van der Waals surface area contributed by atoms with Crippen molar-refractivity contribution in [1.29, 1.82) is 0 Å². The number of hydrogen-bond acceptors (Lipinski definition) is 10. The van der Waals surface area contributed by atoms with E-state index < -0.39 is 75.7 Å². The molecule has 38 heavy (non-hydrogen) atoms. The zero-order valence-electron chi connectivity index (χ0n) is 21.6. The highest BCUT2D eigenvalue weighted by molar-refractivity contribution is 5.94. The zero-order valence-corrected chi connectivity index (χ0v) is 21.6. The zero-order chi connectivity index (χ0) is 27.6. The Morgan fingerprint density at radius 1 is 1.11 bits per heavy atom. The molecule has 0 amide bonds. The minimum Gasteiger partial charge on any atom is -0.455 e. The van der Waals surface area contributed by atoms with E-state index in [0.29, 0.717) is 5.57 Å². The maximum absolute atomic E-state index is 14.1. The highest BCUT2D eigenvalue weighted by Gasteiger charge is 2.87. The average molecular weight is 529 g/mol. The van der Waals surface area contributed by atoms with Gasteiger partial charge in [0.25, 0.3) is 0 Å². The highest BCUT2D eigenvalue weighted by Crippen LogP contribution is 2.76. The topological polar surface area (TPSA) is 160 Å². The quantitative estimate of drug-likeness (QED) is 0.320. The SMILES string of the molecule is CC(=O)O[C@@]12CO[C@@H]1[C@H](O)C[C@@]1(C)C(=O)[C@H](O)C3=C(C)[C@]4(O)C[C@@](O)([C@@H](OC(=O)c5ccccc5)[C@H]21)[C@@]34C. The van der Waals surface area contributed by atoms with Crippen molar-refractivity contribution in [3.05, 3.63) is 47.0 Å². The number of Topliss-reactive ketones (excluding diaryl/α,β-unsaturated/α-hetero) is 1. The maximum atomic E-state index is 14.1. The number of ether oxygens (including phenoxy) is 3. The molecule has 10 nitrogen and oxygen atoms in total. The van der Waals surface area contributed by atoms with Crippen molar-refractivity contribution in [2.24, 2.45) is 16.7 Å². The van der Waals surface area contributed by atoms with Gasteiger partial charge >= 0.3 is 11.9 Å². The second kappa shape index (κ2) is 7.51. The van der Waals surface area contributed by atoms with Gasteiger partial charge in [0.15, 0.2) is 11.4 Å².